The van der Waals surface area contributed by atoms with E-state index in [0.29, 0.717) is 5.69 Å². The Bertz CT molecular complexity index is 641. The highest BCUT2D eigenvalue weighted by Crippen LogP contribution is 2.29. The van der Waals surface area contributed by atoms with Crippen molar-refractivity contribution < 1.29 is 14.6 Å². The van der Waals surface area contributed by atoms with Gasteiger partial charge in [-0.15, -0.1) is 0 Å². The maximum Gasteiger partial charge on any atom is 0.261 e. The fourth-order valence-electron chi connectivity index (χ4n) is 1.63. The zero-order valence-corrected chi connectivity index (χ0v) is 11.6. The predicted octanol–water partition coefficient (Wildman–Crippen LogP) is 2.40. The number of ether oxygens (including phenoxy) is 1. The van der Waals surface area contributed by atoms with Crippen LogP contribution < -0.4 is 10.1 Å². The van der Waals surface area contributed by atoms with Crippen LogP contribution in [0.3, 0.4) is 0 Å². The van der Waals surface area contributed by atoms with E-state index in [4.69, 9.17) is 16.3 Å². The van der Waals surface area contributed by atoms with Crippen molar-refractivity contribution in [1.82, 2.24) is 9.97 Å². The second-order valence-electron chi connectivity index (χ2n) is 3.97. The topological polar surface area (TPSA) is 84.3 Å². The van der Waals surface area contributed by atoms with Gasteiger partial charge in [-0.1, -0.05) is 17.7 Å². The van der Waals surface area contributed by atoms with Crippen LogP contribution in [0.2, 0.25) is 5.15 Å². The normalized spacial score (nSPS) is 10.2. The van der Waals surface area contributed by atoms with E-state index in [2.05, 4.69) is 15.3 Å². The van der Waals surface area contributed by atoms with Crippen LogP contribution >= 0.6 is 11.6 Å². The Morgan fingerprint density at radius 1 is 1.40 bits per heavy atom. The standard InChI is InChI=1S/C13H12ClN3O3/c1-7-6-10(14)16-13(15-7)17-12(19)8-4-3-5-9(20-2)11(8)18/h3-6,18H,1-2H3,(H,15,16,17,19). The molecule has 7 heteroatoms. The SMILES string of the molecule is COc1cccc(C(=O)Nc2nc(C)cc(Cl)n2)c1O. The van der Waals surface area contributed by atoms with E-state index in [1.165, 1.54) is 13.2 Å². The number of nitrogens with one attached hydrogen (secondary N) is 1. The molecule has 1 amide bonds. The zero-order chi connectivity index (χ0) is 14.7. The Kier molecular flexibility index (Phi) is 4.05. The maximum absolute atomic E-state index is 12.1. The lowest BCUT2D eigenvalue weighted by Gasteiger charge is -2.09. The Morgan fingerprint density at radius 3 is 2.80 bits per heavy atom. The van der Waals surface area contributed by atoms with E-state index in [9.17, 15) is 9.90 Å². The molecule has 0 saturated heterocycles. The Hall–Kier alpha value is -2.34. The third-order valence-corrected chi connectivity index (χ3v) is 2.71. The minimum Gasteiger partial charge on any atom is -0.504 e. The lowest BCUT2D eigenvalue weighted by molar-refractivity contribution is 0.102. The van der Waals surface area contributed by atoms with Crippen molar-refractivity contribution in [1.29, 1.82) is 0 Å². The summed E-state index contributed by atoms with van der Waals surface area (Å²) >= 11 is 5.79. The summed E-state index contributed by atoms with van der Waals surface area (Å²) in [5.74, 6) is -0.516. The molecule has 2 aromatic rings. The van der Waals surface area contributed by atoms with Crippen molar-refractivity contribution >= 4 is 23.5 Å². The van der Waals surface area contributed by atoms with Crippen LogP contribution in [-0.2, 0) is 0 Å². The third kappa shape index (κ3) is 2.97. The fraction of sp³-hybridized carbons (Fsp3) is 0.154. The van der Waals surface area contributed by atoms with Gasteiger partial charge in [-0.2, -0.15) is 0 Å². The van der Waals surface area contributed by atoms with E-state index in [1.54, 1.807) is 25.1 Å². The van der Waals surface area contributed by atoms with Crippen LogP contribution in [0.5, 0.6) is 11.5 Å². The van der Waals surface area contributed by atoms with E-state index >= 15 is 0 Å². The first kappa shape index (κ1) is 14.1. The highest BCUT2D eigenvalue weighted by molar-refractivity contribution is 6.29. The number of aryl methyl sites for hydroxylation is 1. The van der Waals surface area contributed by atoms with E-state index in [0.717, 1.165) is 0 Å². The lowest BCUT2D eigenvalue weighted by atomic mass is 10.1. The Balaban J connectivity index is 2.28. The van der Waals surface area contributed by atoms with Crippen molar-refractivity contribution in [2.45, 2.75) is 6.92 Å². The first-order chi connectivity index (χ1) is 9.51. The first-order valence-corrected chi connectivity index (χ1v) is 6.07. The van der Waals surface area contributed by atoms with Gasteiger partial charge in [-0.3, -0.25) is 10.1 Å². The number of benzene rings is 1. The number of aromatic hydroxyl groups is 1. The highest BCUT2D eigenvalue weighted by Gasteiger charge is 2.16. The van der Waals surface area contributed by atoms with Crippen LogP contribution in [0.1, 0.15) is 16.1 Å². The van der Waals surface area contributed by atoms with Gasteiger partial charge in [-0.05, 0) is 25.1 Å². The summed E-state index contributed by atoms with van der Waals surface area (Å²) in [6.07, 6.45) is 0. The van der Waals surface area contributed by atoms with Gasteiger partial charge in [0.1, 0.15) is 5.15 Å². The molecule has 0 aliphatic heterocycles. The molecule has 1 aromatic carbocycles. The predicted molar refractivity (Wildman–Crippen MR) is 74.4 cm³/mol. The molecule has 1 heterocycles. The van der Waals surface area contributed by atoms with Gasteiger partial charge in [0, 0.05) is 5.69 Å². The number of hydrogen-bond donors (Lipinski definition) is 2. The number of phenolic OH excluding ortho intramolecular Hbond substituents is 1. The molecule has 0 radical (unpaired) electrons. The number of anilines is 1. The van der Waals surface area contributed by atoms with Gasteiger partial charge in [0.15, 0.2) is 11.5 Å². The molecule has 6 nitrogen and oxygen atoms in total. The molecule has 0 unspecified atom stereocenters. The number of aromatic nitrogens is 2. The number of para-hydroxylation sites is 1. The molecule has 20 heavy (non-hydrogen) atoms. The summed E-state index contributed by atoms with van der Waals surface area (Å²) in [6.45, 7) is 1.73. The van der Waals surface area contributed by atoms with E-state index in [1.807, 2.05) is 0 Å². The number of phenols is 1. The number of amides is 1. The monoisotopic (exact) mass is 293 g/mol. The number of rotatable bonds is 3. The number of nitrogens with zero attached hydrogens (tertiary/aromatic N) is 2. The molecular weight excluding hydrogens is 282 g/mol. The zero-order valence-electron chi connectivity index (χ0n) is 10.8. The van der Waals surface area contributed by atoms with Gasteiger partial charge in [0.25, 0.3) is 5.91 Å². The van der Waals surface area contributed by atoms with Crippen LogP contribution in [0, 0.1) is 6.92 Å². The van der Waals surface area contributed by atoms with Crippen LogP contribution in [0.15, 0.2) is 24.3 Å². The summed E-state index contributed by atoms with van der Waals surface area (Å²) in [7, 11) is 1.40. The van der Waals surface area contributed by atoms with Crippen LogP contribution in [0.4, 0.5) is 5.95 Å². The van der Waals surface area contributed by atoms with E-state index in [-0.39, 0.29) is 28.2 Å². The minimum atomic E-state index is -0.553. The molecule has 104 valence electrons. The van der Waals surface area contributed by atoms with Gasteiger partial charge >= 0.3 is 0 Å². The van der Waals surface area contributed by atoms with E-state index < -0.39 is 5.91 Å². The summed E-state index contributed by atoms with van der Waals surface area (Å²) in [5, 5.41) is 12.6. The first-order valence-electron chi connectivity index (χ1n) is 5.69. The summed E-state index contributed by atoms with van der Waals surface area (Å²) in [6, 6.07) is 6.18. The molecule has 0 saturated carbocycles. The number of methoxy groups -OCH3 is 1. The van der Waals surface area contributed by atoms with Crippen molar-refractivity contribution in [3.63, 3.8) is 0 Å². The van der Waals surface area contributed by atoms with Crippen LogP contribution in [-0.4, -0.2) is 28.1 Å². The van der Waals surface area contributed by atoms with Gasteiger partial charge < -0.3 is 9.84 Å². The second-order valence-corrected chi connectivity index (χ2v) is 4.35. The van der Waals surface area contributed by atoms with Gasteiger partial charge in [0.05, 0.1) is 12.7 Å². The molecule has 2 rings (SSSR count). The average molecular weight is 294 g/mol. The third-order valence-electron chi connectivity index (χ3n) is 2.51. The van der Waals surface area contributed by atoms with Crippen molar-refractivity contribution in [2.75, 3.05) is 12.4 Å². The molecule has 0 atom stereocenters. The van der Waals surface area contributed by atoms with Crippen LogP contribution in [0.25, 0.3) is 0 Å². The minimum absolute atomic E-state index is 0.0607. The average Bonchev–Trinajstić information content (AvgIpc) is 2.37. The number of halogens is 1. The summed E-state index contributed by atoms with van der Waals surface area (Å²) in [5.41, 5.74) is 0.681. The molecule has 1 aromatic heterocycles. The Morgan fingerprint density at radius 2 is 2.15 bits per heavy atom. The highest BCUT2D eigenvalue weighted by atomic mass is 35.5. The maximum atomic E-state index is 12.1. The molecule has 0 fully saturated rings. The largest absolute Gasteiger partial charge is 0.504 e. The quantitative estimate of drug-likeness (QED) is 0.849. The molecule has 0 aliphatic carbocycles. The lowest BCUT2D eigenvalue weighted by Crippen LogP contribution is -2.15. The number of carbonyl (C=O) groups is 1. The summed E-state index contributed by atoms with van der Waals surface area (Å²) in [4.78, 5) is 20.0. The van der Waals surface area contributed by atoms with Crippen molar-refractivity contribution in [3.8, 4) is 11.5 Å². The van der Waals surface area contributed by atoms with Gasteiger partial charge in [0.2, 0.25) is 5.95 Å². The van der Waals surface area contributed by atoms with Crippen molar-refractivity contribution in [2.24, 2.45) is 0 Å². The molecular formula is C13H12ClN3O3. The fourth-order valence-corrected chi connectivity index (χ4v) is 1.86. The molecule has 0 spiro atoms. The number of hydrogen-bond acceptors (Lipinski definition) is 5. The number of carbonyl (C=O) groups excluding carboxylic acids is 1. The molecule has 0 bridgehead atoms. The van der Waals surface area contributed by atoms with Gasteiger partial charge in [-0.25, -0.2) is 9.97 Å². The van der Waals surface area contributed by atoms with Crippen molar-refractivity contribution in [3.05, 3.63) is 40.7 Å². The smallest absolute Gasteiger partial charge is 0.261 e. The Labute approximate surface area is 120 Å². The second kappa shape index (κ2) is 5.75. The summed E-state index contributed by atoms with van der Waals surface area (Å²) < 4.78 is 4.94. The molecule has 0 aliphatic rings. The molecule has 2 N–H and O–H groups in total.